The molecule has 152 valence electrons. The molecule has 0 unspecified atom stereocenters. The monoisotopic (exact) mass is 409 g/mol. The van der Waals surface area contributed by atoms with E-state index in [9.17, 15) is 22.4 Å². The second-order valence-corrected chi connectivity index (χ2v) is 5.96. The molecule has 10 heteroatoms. The Kier molecular flexibility index (Phi) is 6.10. The van der Waals surface area contributed by atoms with Crippen molar-refractivity contribution in [1.29, 1.82) is 0 Å². The number of alkyl halides is 3. The van der Waals surface area contributed by atoms with Gasteiger partial charge in [0, 0.05) is 24.5 Å². The van der Waals surface area contributed by atoms with E-state index in [1.54, 1.807) is 12.1 Å². The molecule has 1 N–H and O–H groups in total. The first-order chi connectivity index (χ1) is 13.8. The summed E-state index contributed by atoms with van der Waals surface area (Å²) < 4.78 is 59.3. The predicted octanol–water partition coefficient (Wildman–Crippen LogP) is 4.39. The number of aromatic nitrogens is 2. The van der Waals surface area contributed by atoms with E-state index in [1.807, 2.05) is 0 Å². The summed E-state index contributed by atoms with van der Waals surface area (Å²) in [6.45, 7) is -1.44. The second-order valence-electron chi connectivity index (χ2n) is 5.96. The highest BCUT2D eigenvalue weighted by Crippen LogP contribution is 2.21. The van der Waals surface area contributed by atoms with E-state index in [0.29, 0.717) is 22.9 Å². The molecule has 2 heterocycles. The topological polar surface area (TPSA) is 77.2 Å². The number of rotatable bonds is 7. The van der Waals surface area contributed by atoms with Crippen molar-refractivity contribution in [2.24, 2.45) is 0 Å². The van der Waals surface area contributed by atoms with Gasteiger partial charge in [0.2, 0.25) is 11.8 Å². The van der Waals surface area contributed by atoms with Crippen LogP contribution in [0.1, 0.15) is 12.3 Å². The SMILES string of the molecule is O=C(CCc1ncc(-c2ccc(F)cc2)o1)Nc1ccc(OCC(F)(F)F)nc1. The van der Waals surface area contributed by atoms with E-state index >= 15 is 0 Å². The van der Waals surface area contributed by atoms with Crippen molar-refractivity contribution in [3.05, 3.63) is 60.5 Å². The van der Waals surface area contributed by atoms with Gasteiger partial charge in [0.15, 0.2) is 18.3 Å². The van der Waals surface area contributed by atoms with Crippen LogP contribution in [0.15, 0.2) is 53.2 Å². The molecule has 1 amide bonds. The maximum Gasteiger partial charge on any atom is 0.422 e. The maximum atomic E-state index is 13.0. The average Bonchev–Trinajstić information content (AvgIpc) is 3.15. The Morgan fingerprint density at radius 2 is 1.83 bits per heavy atom. The number of carbonyl (C=O) groups excluding carboxylic acids is 1. The van der Waals surface area contributed by atoms with E-state index in [-0.39, 0.29) is 30.4 Å². The molecule has 0 fully saturated rings. The van der Waals surface area contributed by atoms with Crippen molar-refractivity contribution in [3.63, 3.8) is 0 Å². The molecule has 0 aliphatic rings. The number of hydrogen-bond donors (Lipinski definition) is 1. The quantitative estimate of drug-likeness (QED) is 0.586. The lowest BCUT2D eigenvalue weighted by atomic mass is 10.2. The molecule has 3 rings (SSSR count). The predicted molar refractivity (Wildman–Crippen MR) is 94.6 cm³/mol. The third kappa shape index (κ3) is 6.30. The second kappa shape index (κ2) is 8.72. The Hall–Kier alpha value is -3.43. The third-order valence-electron chi connectivity index (χ3n) is 3.65. The number of anilines is 1. The lowest BCUT2D eigenvalue weighted by Crippen LogP contribution is -2.19. The highest BCUT2D eigenvalue weighted by molar-refractivity contribution is 5.90. The molecule has 0 saturated carbocycles. The van der Waals surface area contributed by atoms with Crippen molar-refractivity contribution in [2.45, 2.75) is 19.0 Å². The standard InChI is InChI=1S/C19H15F4N3O3/c20-13-3-1-12(2-4-13)15-10-25-18(29-15)8-6-16(27)26-14-5-7-17(24-9-14)28-11-19(21,22)23/h1-5,7,9-10H,6,8,11H2,(H,26,27). The Morgan fingerprint density at radius 3 is 2.48 bits per heavy atom. The third-order valence-corrected chi connectivity index (χ3v) is 3.65. The van der Waals surface area contributed by atoms with Gasteiger partial charge in [-0.05, 0) is 30.3 Å². The molecule has 0 spiro atoms. The summed E-state index contributed by atoms with van der Waals surface area (Å²) in [7, 11) is 0. The number of oxazole rings is 1. The number of benzene rings is 1. The molecule has 0 aliphatic carbocycles. The van der Waals surface area contributed by atoms with Gasteiger partial charge < -0.3 is 14.5 Å². The van der Waals surface area contributed by atoms with Gasteiger partial charge in [-0.3, -0.25) is 4.79 Å². The first-order valence-corrected chi connectivity index (χ1v) is 8.44. The number of carbonyl (C=O) groups is 1. The fourth-order valence-corrected chi connectivity index (χ4v) is 2.31. The molecular weight excluding hydrogens is 394 g/mol. The van der Waals surface area contributed by atoms with Gasteiger partial charge in [-0.1, -0.05) is 0 Å². The molecule has 0 aliphatic heterocycles. The summed E-state index contributed by atoms with van der Waals surface area (Å²) >= 11 is 0. The lowest BCUT2D eigenvalue weighted by molar-refractivity contribution is -0.154. The van der Waals surface area contributed by atoms with Crippen molar-refractivity contribution in [2.75, 3.05) is 11.9 Å². The van der Waals surface area contributed by atoms with Gasteiger partial charge in [-0.25, -0.2) is 14.4 Å². The minimum Gasteiger partial charge on any atom is -0.468 e. The number of halogens is 4. The van der Waals surface area contributed by atoms with Crippen LogP contribution in [0.3, 0.4) is 0 Å². The number of aryl methyl sites for hydroxylation is 1. The minimum atomic E-state index is -4.45. The first-order valence-electron chi connectivity index (χ1n) is 8.44. The van der Waals surface area contributed by atoms with Crippen molar-refractivity contribution >= 4 is 11.6 Å². The lowest BCUT2D eigenvalue weighted by Gasteiger charge is -2.09. The number of ether oxygens (including phenoxy) is 1. The van der Waals surface area contributed by atoms with Gasteiger partial charge in [0.25, 0.3) is 0 Å². The highest BCUT2D eigenvalue weighted by Gasteiger charge is 2.28. The molecule has 0 saturated heterocycles. The molecule has 29 heavy (non-hydrogen) atoms. The van der Waals surface area contributed by atoms with Gasteiger partial charge in [-0.15, -0.1) is 0 Å². The number of amides is 1. The van der Waals surface area contributed by atoms with Crippen LogP contribution in [0.5, 0.6) is 5.88 Å². The zero-order chi connectivity index (χ0) is 20.9. The number of pyridine rings is 1. The van der Waals surface area contributed by atoms with Crippen LogP contribution in [0.2, 0.25) is 0 Å². The number of nitrogens with zero attached hydrogens (tertiary/aromatic N) is 2. The van der Waals surface area contributed by atoms with Gasteiger partial charge in [0.05, 0.1) is 18.1 Å². The summed E-state index contributed by atoms with van der Waals surface area (Å²) in [5.74, 6) is -0.113. The van der Waals surface area contributed by atoms with E-state index in [2.05, 4.69) is 20.0 Å². The van der Waals surface area contributed by atoms with Crippen LogP contribution in [0.25, 0.3) is 11.3 Å². The number of hydrogen-bond acceptors (Lipinski definition) is 5. The highest BCUT2D eigenvalue weighted by atomic mass is 19.4. The van der Waals surface area contributed by atoms with E-state index < -0.39 is 12.8 Å². The van der Waals surface area contributed by atoms with Crippen LogP contribution in [0, 0.1) is 5.82 Å². The van der Waals surface area contributed by atoms with Crippen molar-refractivity contribution in [3.8, 4) is 17.2 Å². The smallest absolute Gasteiger partial charge is 0.422 e. The Morgan fingerprint density at radius 1 is 1.07 bits per heavy atom. The normalized spacial score (nSPS) is 11.3. The van der Waals surface area contributed by atoms with Crippen LogP contribution >= 0.6 is 0 Å². The summed E-state index contributed by atoms with van der Waals surface area (Å²) in [5.41, 5.74) is 0.974. The van der Waals surface area contributed by atoms with E-state index in [4.69, 9.17) is 4.42 Å². The van der Waals surface area contributed by atoms with E-state index in [1.165, 1.54) is 36.7 Å². The Balaban J connectivity index is 1.48. The van der Waals surface area contributed by atoms with Crippen molar-refractivity contribution < 1.29 is 31.5 Å². The zero-order valence-corrected chi connectivity index (χ0v) is 14.9. The van der Waals surface area contributed by atoms with Gasteiger partial charge in [-0.2, -0.15) is 13.2 Å². The molecule has 0 atom stereocenters. The maximum absolute atomic E-state index is 13.0. The fraction of sp³-hybridized carbons (Fsp3) is 0.211. The molecule has 3 aromatic rings. The summed E-state index contributed by atoms with van der Waals surface area (Å²) in [4.78, 5) is 19.8. The Bertz CT molecular complexity index is 954. The molecule has 6 nitrogen and oxygen atoms in total. The minimum absolute atomic E-state index is 0.0652. The summed E-state index contributed by atoms with van der Waals surface area (Å²) in [6, 6.07) is 8.33. The zero-order valence-electron chi connectivity index (χ0n) is 14.9. The van der Waals surface area contributed by atoms with Crippen LogP contribution in [-0.2, 0) is 11.2 Å². The van der Waals surface area contributed by atoms with E-state index in [0.717, 1.165) is 0 Å². The van der Waals surface area contributed by atoms with Crippen LogP contribution < -0.4 is 10.1 Å². The van der Waals surface area contributed by atoms with Crippen molar-refractivity contribution in [1.82, 2.24) is 9.97 Å². The largest absolute Gasteiger partial charge is 0.468 e. The number of nitrogens with one attached hydrogen (secondary N) is 1. The van der Waals surface area contributed by atoms with Crippen LogP contribution in [0.4, 0.5) is 23.2 Å². The summed E-state index contributed by atoms with van der Waals surface area (Å²) in [6.07, 6.45) is -1.47. The average molecular weight is 409 g/mol. The summed E-state index contributed by atoms with van der Waals surface area (Å²) in [5, 5.41) is 2.57. The first kappa shape index (κ1) is 20.3. The van der Waals surface area contributed by atoms with Gasteiger partial charge >= 0.3 is 6.18 Å². The molecule has 1 aromatic carbocycles. The Labute approximate surface area is 162 Å². The molecule has 0 radical (unpaired) electrons. The van der Waals surface area contributed by atoms with Gasteiger partial charge in [0.1, 0.15) is 5.82 Å². The van der Waals surface area contributed by atoms with Crippen LogP contribution in [-0.4, -0.2) is 28.7 Å². The molecular formula is C19H15F4N3O3. The molecule has 2 aromatic heterocycles. The molecule has 0 bridgehead atoms. The fourth-order valence-electron chi connectivity index (χ4n) is 2.31.